The summed E-state index contributed by atoms with van der Waals surface area (Å²) < 4.78 is 27.1. The molecule has 0 saturated carbocycles. The lowest BCUT2D eigenvalue weighted by molar-refractivity contribution is 0.0933. The van der Waals surface area contributed by atoms with Crippen LogP contribution in [0.4, 0.5) is 8.78 Å². The number of hydrogen-bond acceptors (Lipinski definition) is 2. The third kappa shape index (κ3) is 3.39. The van der Waals surface area contributed by atoms with Gasteiger partial charge in [0.25, 0.3) is 11.5 Å². The fourth-order valence-corrected chi connectivity index (χ4v) is 2.17. The van der Waals surface area contributed by atoms with Gasteiger partial charge < -0.3 is 10.3 Å². The molecule has 2 aromatic rings. The van der Waals surface area contributed by atoms with Gasteiger partial charge in [-0.3, -0.25) is 9.59 Å². The molecule has 0 aliphatic heterocycles. The minimum Gasteiger partial charge on any atom is -0.345 e. The molecule has 2 rings (SSSR count). The van der Waals surface area contributed by atoms with Crippen molar-refractivity contribution in [3.8, 4) is 0 Å². The molecule has 0 spiro atoms. The van der Waals surface area contributed by atoms with E-state index in [2.05, 4.69) is 10.3 Å². The smallest absolute Gasteiger partial charge is 0.260 e. The van der Waals surface area contributed by atoms with Crippen molar-refractivity contribution in [1.82, 2.24) is 10.3 Å². The highest BCUT2D eigenvalue weighted by Gasteiger charge is 2.19. The fraction of sp³-hybridized carbons (Fsp3) is 0.250. The van der Waals surface area contributed by atoms with Crippen LogP contribution in [0.1, 0.15) is 41.0 Å². The number of carbonyl (C=O) groups is 1. The minimum atomic E-state index is -0.719. The molecule has 1 heterocycles. The number of rotatable bonds is 4. The Balaban J connectivity index is 2.28. The number of aromatic nitrogens is 1. The number of hydrogen-bond donors (Lipinski definition) is 2. The summed E-state index contributed by atoms with van der Waals surface area (Å²) in [6.07, 6.45) is 0.357. The Labute approximate surface area is 126 Å². The number of H-pyrrole nitrogens is 1. The molecule has 1 amide bonds. The van der Waals surface area contributed by atoms with Gasteiger partial charge in [-0.25, -0.2) is 8.78 Å². The molecular weight excluding hydrogens is 290 g/mol. The first-order valence-electron chi connectivity index (χ1n) is 6.88. The van der Waals surface area contributed by atoms with E-state index >= 15 is 0 Å². The third-order valence-corrected chi connectivity index (χ3v) is 3.35. The summed E-state index contributed by atoms with van der Waals surface area (Å²) in [4.78, 5) is 26.4. The van der Waals surface area contributed by atoms with Gasteiger partial charge >= 0.3 is 0 Å². The van der Waals surface area contributed by atoms with Crippen molar-refractivity contribution < 1.29 is 13.6 Å². The standard InChI is InChI=1S/C16H16F2N2O2/c1-3-14(12-8-10(17)5-7-13(12)18)20-16(22)11-6-4-9(2)19-15(11)21/h4-8,14H,3H2,1-2H3,(H,19,21)(H,20,22). The van der Waals surface area contributed by atoms with Crippen LogP contribution in [0.2, 0.25) is 0 Å². The van der Waals surface area contributed by atoms with Crippen LogP contribution in [-0.4, -0.2) is 10.9 Å². The Morgan fingerprint density at radius 1 is 1.27 bits per heavy atom. The lowest BCUT2D eigenvalue weighted by Crippen LogP contribution is -2.33. The lowest BCUT2D eigenvalue weighted by atomic mass is 10.0. The molecule has 0 saturated heterocycles. The van der Waals surface area contributed by atoms with E-state index < -0.39 is 29.1 Å². The van der Waals surface area contributed by atoms with E-state index in [1.54, 1.807) is 19.9 Å². The number of nitrogens with one attached hydrogen (secondary N) is 2. The highest BCUT2D eigenvalue weighted by atomic mass is 19.1. The SMILES string of the molecule is CCC(NC(=O)c1ccc(C)[nH]c1=O)c1cc(F)ccc1F. The molecule has 4 nitrogen and oxygen atoms in total. The van der Waals surface area contributed by atoms with Crippen LogP contribution in [-0.2, 0) is 0 Å². The van der Waals surface area contributed by atoms with Crippen LogP contribution in [0.25, 0.3) is 0 Å². The number of benzene rings is 1. The molecule has 0 bridgehead atoms. The summed E-state index contributed by atoms with van der Waals surface area (Å²) in [7, 11) is 0. The van der Waals surface area contributed by atoms with Crippen LogP contribution in [0.3, 0.4) is 0 Å². The molecule has 1 aromatic carbocycles. The summed E-state index contributed by atoms with van der Waals surface area (Å²) in [5, 5.41) is 2.56. The molecule has 0 aliphatic rings. The monoisotopic (exact) mass is 306 g/mol. The molecule has 22 heavy (non-hydrogen) atoms. The van der Waals surface area contributed by atoms with Crippen molar-refractivity contribution in [2.45, 2.75) is 26.3 Å². The zero-order valence-electron chi connectivity index (χ0n) is 12.2. The number of aromatic amines is 1. The average molecular weight is 306 g/mol. The number of pyridine rings is 1. The largest absolute Gasteiger partial charge is 0.345 e. The molecule has 0 fully saturated rings. The van der Waals surface area contributed by atoms with Crippen LogP contribution in [0.5, 0.6) is 0 Å². The Hall–Kier alpha value is -2.50. The number of halogens is 2. The van der Waals surface area contributed by atoms with Gasteiger partial charge in [0, 0.05) is 11.3 Å². The predicted octanol–water partition coefficient (Wildman–Crippen LogP) is 2.84. The first-order chi connectivity index (χ1) is 10.4. The van der Waals surface area contributed by atoms with Crippen LogP contribution < -0.4 is 10.9 Å². The van der Waals surface area contributed by atoms with Gasteiger partial charge in [0.05, 0.1) is 6.04 Å². The summed E-state index contributed by atoms with van der Waals surface area (Å²) in [5.41, 5.74) is 0.0945. The highest BCUT2D eigenvalue weighted by Crippen LogP contribution is 2.21. The zero-order chi connectivity index (χ0) is 16.3. The number of aryl methyl sites for hydroxylation is 1. The molecule has 116 valence electrons. The Morgan fingerprint density at radius 3 is 2.64 bits per heavy atom. The quantitative estimate of drug-likeness (QED) is 0.912. The molecule has 0 aliphatic carbocycles. The van der Waals surface area contributed by atoms with Crippen molar-refractivity contribution in [1.29, 1.82) is 0 Å². The lowest BCUT2D eigenvalue weighted by Gasteiger charge is -2.18. The van der Waals surface area contributed by atoms with Crippen LogP contribution in [0.15, 0.2) is 35.1 Å². The van der Waals surface area contributed by atoms with Crippen molar-refractivity contribution in [3.63, 3.8) is 0 Å². The van der Waals surface area contributed by atoms with Crippen LogP contribution >= 0.6 is 0 Å². The average Bonchev–Trinajstić information content (AvgIpc) is 2.47. The van der Waals surface area contributed by atoms with Gasteiger partial charge in [-0.05, 0) is 43.7 Å². The molecule has 1 atom stereocenters. The highest BCUT2D eigenvalue weighted by molar-refractivity contribution is 5.94. The van der Waals surface area contributed by atoms with Crippen molar-refractivity contribution in [2.24, 2.45) is 0 Å². The van der Waals surface area contributed by atoms with E-state index in [0.717, 1.165) is 18.2 Å². The summed E-state index contributed by atoms with van der Waals surface area (Å²) in [6, 6.07) is 5.35. The van der Waals surface area contributed by atoms with Gasteiger partial charge in [-0.2, -0.15) is 0 Å². The maximum atomic E-state index is 13.8. The van der Waals surface area contributed by atoms with Crippen molar-refractivity contribution >= 4 is 5.91 Å². The van der Waals surface area contributed by atoms with E-state index in [4.69, 9.17) is 0 Å². The van der Waals surface area contributed by atoms with Gasteiger partial charge in [-0.1, -0.05) is 6.92 Å². The normalized spacial score (nSPS) is 12.0. The van der Waals surface area contributed by atoms with Crippen molar-refractivity contribution in [3.05, 3.63) is 69.1 Å². The first kappa shape index (κ1) is 15.9. The van der Waals surface area contributed by atoms with Crippen molar-refractivity contribution in [2.75, 3.05) is 0 Å². The molecule has 1 aromatic heterocycles. The first-order valence-corrected chi connectivity index (χ1v) is 6.88. The van der Waals surface area contributed by atoms with Gasteiger partial charge in [0.15, 0.2) is 0 Å². The van der Waals surface area contributed by atoms with E-state index in [1.807, 2.05) is 0 Å². The second-order valence-corrected chi connectivity index (χ2v) is 4.98. The summed E-state index contributed by atoms with van der Waals surface area (Å²) >= 11 is 0. The van der Waals surface area contributed by atoms with Gasteiger partial charge in [0.1, 0.15) is 17.2 Å². The predicted molar refractivity (Wildman–Crippen MR) is 78.7 cm³/mol. The molecule has 2 N–H and O–H groups in total. The second kappa shape index (κ2) is 6.51. The zero-order valence-corrected chi connectivity index (χ0v) is 12.2. The topological polar surface area (TPSA) is 62.0 Å². The summed E-state index contributed by atoms with van der Waals surface area (Å²) in [5.74, 6) is -1.82. The maximum absolute atomic E-state index is 13.8. The van der Waals surface area contributed by atoms with E-state index in [9.17, 15) is 18.4 Å². The maximum Gasteiger partial charge on any atom is 0.260 e. The molecule has 6 heteroatoms. The van der Waals surface area contributed by atoms with Gasteiger partial charge in [-0.15, -0.1) is 0 Å². The molecular formula is C16H16F2N2O2. The summed E-state index contributed by atoms with van der Waals surface area (Å²) in [6.45, 7) is 3.43. The second-order valence-electron chi connectivity index (χ2n) is 4.98. The minimum absolute atomic E-state index is 0.0550. The van der Waals surface area contributed by atoms with Crippen LogP contribution in [0, 0.1) is 18.6 Å². The molecule has 0 radical (unpaired) electrons. The molecule has 1 unspecified atom stereocenters. The number of carbonyl (C=O) groups excluding carboxylic acids is 1. The van der Waals surface area contributed by atoms with E-state index in [-0.39, 0.29) is 11.1 Å². The Morgan fingerprint density at radius 2 is 2.00 bits per heavy atom. The Bertz CT molecular complexity index is 756. The fourth-order valence-electron chi connectivity index (χ4n) is 2.17. The third-order valence-electron chi connectivity index (χ3n) is 3.35. The number of amides is 1. The van der Waals surface area contributed by atoms with E-state index in [1.165, 1.54) is 6.07 Å². The van der Waals surface area contributed by atoms with Gasteiger partial charge in [0.2, 0.25) is 0 Å². The Kier molecular flexibility index (Phi) is 4.70. The van der Waals surface area contributed by atoms with E-state index in [0.29, 0.717) is 12.1 Å².